The number of phenols is 1. The Hall–Kier alpha value is -3.81. The molecule has 1 N–H and O–H groups in total. The van der Waals surface area contributed by atoms with Gasteiger partial charge in [0.2, 0.25) is 5.91 Å². The van der Waals surface area contributed by atoms with Gasteiger partial charge >= 0.3 is 6.01 Å². The van der Waals surface area contributed by atoms with Crippen molar-refractivity contribution in [3.05, 3.63) is 60.3 Å². The Balaban J connectivity index is 1.50. The summed E-state index contributed by atoms with van der Waals surface area (Å²) in [5.41, 5.74) is 3.04. The van der Waals surface area contributed by atoms with Gasteiger partial charge in [-0.15, -0.1) is 0 Å². The van der Waals surface area contributed by atoms with Gasteiger partial charge in [0.25, 0.3) is 0 Å². The highest BCUT2D eigenvalue weighted by Gasteiger charge is 2.35. The number of carbonyl (C=O) groups excluding carboxylic acids is 1. The Labute approximate surface area is 205 Å². The van der Waals surface area contributed by atoms with E-state index in [4.69, 9.17) is 14.7 Å². The lowest BCUT2D eigenvalue weighted by Gasteiger charge is -2.45. The largest absolute Gasteiger partial charge is 0.508 e. The van der Waals surface area contributed by atoms with Crippen LogP contribution in [0, 0.1) is 0 Å². The molecule has 5 rings (SSSR count). The summed E-state index contributed by atoms with van der Waals surface area (Å²) in [6.45, 7) is 10.5. The second-order valence-corrected chi connectivity index (χ2v) is 9.36. The first kappa shape index (κ1) is 23.0. The molecule has 0 bridgehead atoms. The second-order valence-electron chi connectivity index (χ2n) is 9.36. The minimum absolute atomic E-state index is 0.0343. The van der Waals surface area contributed by atoms with E-state index in [1.54, 1.807) is 13.2 Å². The normalized spacial score (nSPS) is 20.0. The molecule has 1 fully saturated rings. The number of hydrogen-bond acceptors (Lipinski definition) is 7. The molecule has 182 valence electrons. The average Bonchev–Trinajstić information content (AvgIpc) is 2.87. The first-order valence-corrected chi connectivity index (χ1v) is 12.0. The third kappa shape index (κ3) is 4.13. The van der Waals surface area contributed by atoms with E-state index in [-0.39, 0.29) is 23.7 Å². The number of fused-ring (bicyclic) bond motifs is 2. The number of amides is 1. The fourth-order valence-electron chi connectivity index (χ4n) is 5.31. The molecule has 1 saturated heterocycles. The van der Waals surface area contributed by atoms with Gasteiger partial charge in [-0.25, -0.2) is 0 Å². The maximum atomic E-state index is 12.3. The lowest BCUT2D eigenvalue weighted by molar-refractivity contribution is -0.128. The fraction of sp³-hybridized carbons (Fsp3) is 0.370. The zero-order valence-electron chi connectivity index (χ0n) is 20.4. The Morgan fingerprint density at radius 1 is 1.17 bits per heavy atom. The fourth-order valence-corrected chi connectivity index (χ4v) is 5.31. The molecule has 3 aromatic rings. The number of ether oxygens (including phenoxy) is 1. The first-order chi connectivity index (χ1) is 16.9. The minimum atomic E-state index is -0.0414. The van der Waals surface area contributed by atoms with Gasteiger partial charge in [-0.2, -0.15) is 9.97 Å². The van der Waals surface area contributed by atoms with Crippen LogP contribution in [0.15, 0.2) is 49.1 Å². The molecule has 8 heteroatoms. The Morgan fingerprint density at radius 2 is 1.97 bits per heavy atom. The molecule has 2 atom stereocenters. The Morgan fingerprint density at radius 3 is 2.74 bits per heavy atom. The van der Waals surface area contributed by atoms with Gasteiger partial charge in [-0.05, 0) is 37.8 Å². The molecule has 2 aliphatic rings. The van der Waals surface area contributed by atoms with Crippen LogP contribution in [0.4, 0.5) is 11.5 Å². The number of piperazine rings is 1. The van der Waals surface area contributed by atoms with E-state index >= 15 is 0 Å². The molecular weight excluding hydrogens is 442 g/mol. The smallest absolute Gasteiger partial charge is 0.318 e. The van der Waals surface area contributed by atoms with Crippen molar-refractivity contribution in [2.45, 2.75) is 38.9 Å². The molecule has 2 aliphatic heterocycles. The van der Waals surface area contributed by atoms with Crippen LogP contribution in [0.1, 0.15) is 25.1 Å². The van der Waals surface area contributed by atoms with Crippen LogP contribution < -0.4 is 14.5 Å². The number of benzene rings is 2. The quantitative estimate of drug-likeness (QED) is 0.581. The van der Waals surface area contributed by atoms with Crippen LogP contribution in [0.5, 0.6) is 11.8 Å². The molecule has 0 saturated carbocycles. The van der Waals surface area contributed by atoms with Crippen molar-refractivity contribution < 1.29 is 14.6 Å². The lowest BCUT2D eigenvalue weighted by atomic mass is 10.00. The average molecular weight is 474 g/mol. The molecule has 8 nitrogen and oxygen atoms in total. The van der Waals surface area contributed by atoms with Gasteiger partial charge in [-0.1, -0.05) is 30.8 Å². The number of phenolic OH excluding ortho intramolecular Hbond substituents is 1. The van der Waals surface area contributed by atoms with Gasteiger partial charge in [0.15, 0.2) is 0 Å². The van der Waals surface area contributed by atoms with Gasteiger partial charge in [-0.3, -0.25) is 4.79 Å². The van der Waals surface area contributed by atoms with Gasteiger partial charge in [0.1, 0.15) is 11.6 Å². The van der Waals surface area contributed by atoms with E-state index in [9.17, 15) is 9.90 Å². The number of methoxy groups -OCH3 is 1. The highest BCUT2D eigenvalue weighted by Crippen LogP contribution is 2.37. The number of nitrogens with zero attached hydrogens (tertiary/aromatic N) is 5. The number of aromatic hydroxyl groups is 1. The summed E-state index contributed by atoms with van der Waals surface area (Å²) in [4.78, 5) is 28.2. The third-order valence-corrected chi connectivity index (χ3v) is 7.09. The zero-order chi connectivity index (χ0) is 24.7. The van der Waals surface area contributed by atoms with Crippen molar-refractivity contribution >= 4 is 28.2 Å². The van der Waals surface area contributed by atoms with E-state index in [2.05, 4.69) is 36.3 Å². The highest BCUT2D eigenvalue weighted by molar-refractivity contribution is 5.95. The molecule has 35 heavy (non-hydrogen) atoms. The second kappa shape index (κ2) is 9.09. The summed E-state index contributed by atoms with van der Waals surface area (Å²) in [7, 11) is 1.58. The molecular formula is C27H31N5O3. The number of aromatic nitrogens is 2. The summed E-state index contributed by atoms with van der Waals surface area (Å²) in [5.74, 6) is 1.10. The van der Waals surface area contributed by atoms with Gasteiger partial charge in [0.05, 0.1) is 19.3 Å². The minimum Gasteiger partial charge on any atom is -0.508 e. The van der Waals surface area contributed by atoms with Crippen LogP contribution in [-0.2, 0) is 17.8 Å². The van der Waals surface area contributed by atoms with Crippen molar-refractivity contribution in [3.63, 3.8) is 0 Å². The van der Waals surface area contributed by atoms with Crippen LogP contribution in [0.25, 0.3) is 10.8 Å². The van der Waals surface area contributed by atoms with Crippen LogP contribution in [-0.4, -0.2) is 64.7 Å². The highest BCUT2D eigenvalue weighted by atomic mass is 16.5. The lowest BCUT2D eigenvalue weighted by Crippen LogP contribution is -2.58. The van der Waals surface area contributed by atoms with Crippen LogP contribution in [0.3, 0.4) is 0 Å². The molecule has 1 aromatic heterocycles. The number of anilines is 2. The molecule has 0 spiro atoms. The van der Waals surface area contributed by atoms with Gasteiger partial charge < -0.3 is 24.5 Å². The van der Waals surface area contributed by atoms with E-state index in [0.29, 0.717) is 25.6 Å². The van der Waals surface area contributed by atoms with E-state index in [1.165, 1.54) is 6.08 Å². The monoisotopic (exact) mass is 473 g/mol. The Bertz CT molecular complexity index is 1290. The van der Waals surface area contributed by atoms with E-state index in [0.717, 1.165) is 46.5 Å². The topological polar surface area (TPSA) is 82.0 Å². The summed E-state index contributed by atoms with van der Waals surface area (Å²) in [6.07, 6.45) is 2.15. The summed E-state index contributed by atoms with van der Waals surface area (Å²) in [5, 5.41) is 12.5. The molecule has 0 radical (unpaired) electrons. The number of hydrogen-bond donors (Lipinski definition) is 1. The van der Waals surface area contributed by atoms with Crippen LogP contribution >= 0.6 is 0 Å². The number of rotatable bonds is 4. The molecule has 1 amide bonds. The zero-order valence-corrected chi connectivity index (χ0v) is 20.4. The molecule has 0 aliphatic carbocycles. The summed E-state index contributed by atoms with van der Waals surface area (Å²) >= 11 is 0. The van der Waals surface area contributed by atoms with Crippen molar-refractivity contribution in [1.29, 1.82) is 0 Å². The maximum absolute atomic E-state index is 12.3. The summed E-state index contributed by atoms with van der Waals surface area (Å²) < 4.78 is 5.50. The predicted molar refractivity (Wildman–Crippen MR) is 137 cm³/mol. The van der Waals surface area contributed by atoms with Gasteiger partial charge in [0, 0.05) is 54.4 Å². The summed E-state index contributed by atoms with van der Waals surface area (Å²) in [6, 6.07) is 12.2. The van der Waals surface area contributed by atoms with Crippen molar-refractivity contribution in [2.75, 3.05) is 36.5 Å². The number of carbonyl (C=O) groups is 1. The molecule has 2 aromatic carbocycles. The maximum Gasteiger partial charge on any atom is 0.318 e. The standard InChI is InChI=1S/C27H31N5O3/c1-5-25(34)31-14-18(3)32(15-17(31)2)26-22-10-11-30(16-23(22)28-27(29-26)35-4)24-13-20(33)12-19-8-6-7-9-21(19)24/h5-9,12-13,17-18,33H,1,10-11,14-16H2,2-4H3/t17-,18+/m1/s1. The third-order valence-electron chi connectivity index (χ3n) is 7.09. The van der Waals surface area contributed by atoms with E-state index in [1.807, 2.05) is 29.2 Å². The van der Waals surface area contributed by atoms with Crippen molar-refractivity contribution in [2.24, 2.45) is 0 Å². The Kier molecular flexibility index (Phi) is 5.96. The molecule has 0 unspecified atom stereocenters. The predicted octanol–water partition coefficient (Wildman–Crippen LogP) is 3.52. The van der Waals surface area contributed by atoms with Crippen LogP contribution in [0.2, 0.25) is 0 Å². The first-order valence-electron chi connectivity index (χ1n) is 12.0. The SMILES string of the molecule is C=CC(=O)N1C[C@H](C)N(c2nc(OC)nc3c2CCN(c2cc(O)cc4ccccc24)C3)C[C@H]1C. The molecule has 3 heterocycles. The van der Waals surface area contributed by atoms with E-state index < -0.39 is 0 Å². The van der Waals surface area contributed by atoms with Crippen molar-refractivity contribution in [1.82, 2.24) is 14.9 Å². The van der Waals surface area contributed by atoms with Crippen molar-refractivity contribution in [3.8, 4) is 11.8 Å².